The molecule has 4 rings (SSSR count). The fourth-order valence-corrected chi connectivity index (χ4v) is 3.44. The summed E-state index contributed by atoms with van der Waals surface area (Å²) < 4.78 is 5.88. The molecule has 0 fully saturated rings. The molecule has 0 aromatic heterocycles. The van der Waals surface area contributed by atoms with Crippen LogP contribution in [0.25, 0.3) is 21.9 Å². The van der Waals surface area contributed by atoms with E-state index < -0.39 is 6.10 Å². The quantitative estimate of drug-likeness (QED) is 0.425. The molecular weight excluding hydrogens is 374 g/mol. The van der Waals surface area contributed by atoms with E-state index in [0.717, 1.165) is 28.2 Å². The van der Waals surface area contributed by atoms with Gasteiger partial charge in [0.2, 0.25) is 0 Å². The standard InChI is InChI=1S/C26H21NO3/c1-18(30-25-16-15-20-11-5-6-12-21(20)23(25)17-28)26(29)27-24-14-8-7-13-22(24)19-9-3-2-4-10-19/h2-18H,1H3,(H,27,29)/t18-/m1/s1. The van der Waals surface area contributed by atoms with E-state index >= 15 is 0 Å². The van der Waals surface area contributed by atoms with Gasteiger partial charge in [-0.2, -0.15) is 0 Å². The lowest BCUT2D eigenvalue weighted by Gasteiger charge is -2.18. The minimum absolute atomic E-state index is 0.289. The summed E-state index contributed by atoms with van der Waals surface area (Å²) in [6.45, 7) is 1.67. The molecule has 4 nitrogen and oxygen atoms in total. The first-order valence-corrected chi connectivity index (χ1v) is 9.76. The Hall–Kier alpha value is -3.92. The van der Waals surface area contributed by atoms with Crippen LogP contribution >= 0.6 is 0 Å². The minimum Gasteiger partial charge on any atom is -0.480 e. The van der Waals surface area contributed by atoms with E-state index in [1.165, 1.54) is 0 Å². The fourth-order valence-electron chi connectivity index (χ4n) is 3.44. The number of anilines is 1. The van der Waals surface area contributed by atoms with Crippen LogP contribution in [0.3, 0.4) is 0 Å². The fraction of sp³-hybridized carbons (Fsp3) is 0.0769. The Balaban J connectivity index is 1.56. The van der Waals surface area contributed by atoms with Crippen molar-refractivity contribution in [2.45, 2.75) is 13.0 Å². The molecule has 1 atom stereocenters. The maximum absolute atomic E-state index is 12.8. The van der Waals surface area contributed by atoms with Crippen molar-refractivity contribution < 1.29 is 14.3 Å². The number of hydrogen-bond acceptors (Lipinski definition) is 3. The molecule has 1 amide bonds. The number of rotatable bonds is 6. The summed E-state index contributed by atoms with van der Waals surface area (Å²) in [5, 5.41) is 4.69. The van der Waals surface area contributed by atoms with Gasteiger partial charge in [-0.1, -0.05) is 78.9 Å². The van der Waals surface area contributed by atoms with Gasteiger partial charge < -0.3 is 10.1 Å². The Morgan fingerprint density at radius 2 is 1.57 bits per heavy atom. The molecule has 0 aliphatic rings. The van der Waals surface area contributed by atoms with Crippen LogP contribution in [0, 0.1) is 0 Å². The highest BCUT2D eigenvalue weighted by Gasteiger charge is 2.19. The summed E-state index contributed by atoms with van der Waals surface area (Å²) in [5.74, 6) is 0.103. The average molecular weight is 395 g/mol. The Bertz CT molecular complexity index is 1200. The van der Waals surface area contributed by atoms with Gasteiger partial charge >= 0.3 is 0 Å². The van der Waals surface area contributed by atoms with Crippen molar-refractivity contribution in [3.8, 4) is 16.9 Å². The molecule has 1 N–H and O–H groups in total. The van der Waals surface area contributed by atoms with Crippen molar-refractivity contribution >= 4 is 28.7 Å². The molecule has 0 unspecified atom stereocenters. The summed E-state index contributed by atoms with van der Waals surface area (Å²) in [6.07, 6.45) is -0.0128. The molecule has 4 aromatic carbocycles. The summed E-state index contributed by atoms with van der Waals surface area (Å²) in [5.41, 5.74) is 3.09. The first-order chi connectivity index (χ1) is 14.7. The second-order valence-electron chi connectivity index (χ2n) is 6.98. The Kier molecular flexibility index (Phi) is 5.57. The van der Waals surface area contributed by atoms with Crippen LogP contribution < -0.4 is 10.1 Å². The zero-order valence-electron chi connectivity index (χ0n) is 16.5. The number of carbonyl (C=O) groups excluding carboxylic acids is 2. The number of aldehydes is 1. The number of hydrogen-bond donors (Lipinski definition) is 1. The molecule has 0 aliphatic carbocycles. The Morgan fingerprint density at radius 3 is 2.37 bits per heavy atom. The van der Waals surface area contributed by atoms with Gasteiger partial charge in [0.25, 0.3) is 5.91 Å². The van der Waals surface area contributed by atoms with E-state index in [4.69, 9.17) is 4.74 Å². The molecule has 30 heavy (non-hydrogen) atoms. The molecule has 0 spiro atoms. The van der Waals surface area contributed by atoms with E-state index in [1.54, 1.807) is 13.0 Å². The third-order valence-corrected chi connectivity index (χ3v) is 4.99. The van der Waals surface area contributed by atoms with Crippen LogP contribution in [0.2, 0.25) is 0 Å². The van der Waals surface area contributed by atoms with Crippen LogP contribution in [0.5, 0.6) is 5.75 Å². The van der Waals surface area contributed by atoms with E-state index in [2.05, 4.69) is 5.32 Å². The summed E-state index contributed by atoms with van der Waals surface area (Å²) in [4.78, 5) is 24.5. The summed E-state index contributed by atoms with van der Waals surface area (Å²) in [6, 6.07) is 28.7. The molecule has 0 radical (unpaired) electrons. The lowest BCUT2D eigenvalue weighted by molar-refractivity contribution is -0.122. The van der Waals surface area contributed by atoms with Gasteiger partial charge in [-0.05, 0) is 35.4 Å². The highest BCUT2D eigenvalue weighted by Crippen LogP contribution is 2.29. The molecule has 4 heteroatoms. The first-order valence-electron chi connectivity index (χ1n) is 9.76. The van der Waals surface area contributed by atoms with Gasteiger partial charge in [0, 0.05) is 11.3 Å². The predicted molar refractivity (Wildman–Crippen MR) is 120 cm³/mol. The average Bonchev–Trinajstić information content (AvgIpc) is 2.79. The molecule has 0 heterocycles. The number of amides is 1. The van der Waals surface area contributed by atoms with E-state index in [0.29, 0.717) is 17.0 Å². The van der Waals surface area contributed by atoms with Gasteiger partial charge in [0.05, 0.1) is 5.56 Å². The SMILES string of the molecule is C[C@@H](Oc1ccc2ccccc2c1C=O)C(=O)Nc1ccccc1-c1ccccc1. The van der Waals surface area contributed by atoms with E-state index in [1.807, 2.05) is 84.9 Å². The highest BCUT2D eigenvalue weighted by molar-refractivity contribution is 6.01. The highest BCUT2D eigenvalue weighted by atomic mass is 16.5. The van der Waals surface area contributed by atoms with Gasteiger partial charge in [0.1, 0.15) is 5.75 Å². The summed E-state index contributed by atoms with van der Waals surface area (Å²) >= 11 is 0. The van der Waals surface area contributed by atoms with Crippen LogP contribution in [0.4, 0.5) is 5.69 Å². The van der Waals surface area contributed by atoms with E-state index in [-0.39, 0.29) is 5.91 Å². The van der Waals surface area contributed by atoms with Crippen molar-refractivity contribution in [1.29, 1.82) is 0 Å². The van der Waals surface area contributed by atoms with Gasteiger partial charge in [-0.25, -0.2) is 0 Å². The van der Waals surface area contributed by atoms with Crippen LogP contribution in [-0.4, -0.2) is 18.3 Å². The zero-order valence-corrected chi connectivity index (χ0v) is 16.5. The molecule has 0 saturated carbocycles. The number of nitrogens with one attached hydrogen (secondary N) is 1. The number of benzene rings is 4. The van der Waals surface area contributed by atoms with E-state index in [9.17, 15) is 9.59 Å². The number of para-hydroxylation sites is 1. The number of ether oxygens (including phenoxy) is 1. The second-order valence-corrected chi connectivity index (χ2v) is 6.98. The molecule has 148 valence electrons. The maximum atomic E-state index is 12.8. The third kappa shape index (κ3) is 3.94. The van der Waals surface area contributed by atoms with Crippen molar-refractivity contribution in [1.82, 2.24) is 0 Å². The van der Waals surface area contributed by atoms with Gasteiger partial charge in [-0.3, -0.25) is 9.59 Å². The van der Waals surface area contributed by atoms with Crippen molar-refractivity contribution in [3.05, 3.63) is 96.6 Å². The zero-order chi connectivity index (χ0) is 20.9. The Labute approximate surface area is 175 Å². The van der Waals surface area contributed by atoms with Crippen LogP contribution in [0.1, 0.15) is 17.3 Å². The molecular formula is C26H21NO3. The maximum Gasteiger partial charge on any atom is 0.265 e. The normalized spacial score (nSPS) is 11.6. The van der Waals surface area contributed by atoms with Gasteiger partial charge in [0.15, 0.2) is 12.4 Å². The minimum atomic E-state index is -0.784. The summed E-state index contributed by atoms with van der Waals surface area (Å²) in [7, 11) is 0. The lowest BCUT2D eigenvalue weighted by Crippen LogP contribution is -2.30. The van der Waals surface area contributed by atoms with Crippen LogP contribution in [0.15, 0.2) is 91.0 Å². The lowest BCUT2D eigenvalue weighted by atomic mass is 10.0. The molecule has 4 aromatic rings. The van der Waals surface area contributed by atoms with Crippen molar-refractivity contribution in [3.63, 3.8) is 0 Å². The van der Waals surface area contributed by atoms with Crippen LogP contribution in [-0.2, 0) is 4.79 Å². The molecule has 0 saturated heterocycles. The van der Waals surface area contributed by atoms with Crippen molar-refractivity contribution in [2.24, 2.45) is 0 Å². The molecule has 0 aliphatic heterocycles. The first kappa shape index (κ1) is 19.4. The monoisotopic (exact) mass is 395 g/mol. The van der Waals surface area contributed by atoms with Crippen molar-refractivity contribution in [2.75, 3.05) is 5.32 Å². The number of carbonyl (C=O) groups is 2. The Morgan fingerprint density at radius 1 is 0.867 bits per heavy atom. The number of fused-ring (bicyclic) bond motifs is 1. The second kappa shape index (κ2) is 8.62. The third-order valence-electron chi connectivity index (χ3n) is 4.99. The smallest absolute Gasteiger partial charge is 0.265 e. The topological polar surface area (TPSA) is 55.4 Å². The van der Waals surface area contributed by atoms with Gasteiger partial charge in [-0.15, -0.1) is 0 Å². The molecule has 0 bridgehead atoms. The predicted octanol–water partition coefficient (Wildman–Crippen LogP) is 5.73. The largest absolute Gasteiger partial charge is 0.480 e.